The normalized spacial score (nSPS) is 12.7. The topological polar surface area (TPSA) is 49.2 Å². The van der Waals surface area contributed by atoms with Gasteiger partial charge in [-0.3, -0.25) is 4.79 Å². The van der Waals surface area contributed by atoms with E-state index in [0.29, 0.717) is 11.4 Å². The van der Waals surface area contributed by atoms with Crippen molar-refractivity contribution in [3.8, 4) is 11.3 Å². The van der Waals surface area contributed by atoms with Crippen LogP contribution in [0.3, 0.4) is 0 Å². The lowest BCUT2D eigenvalue weighted by Gasteiger charge is -2.23. The summed E-state index contributed by atoms with van der Waals surface area (Å²) in [4.78, 5) is 17.5. The maximum absolute atomic E-state index is 12.4. The molecule has 2 aromatic heterocycles. The Labute approximate surface area is 152 Å². The third-order valence-electron chi connectivity index (χ3n) is 4.78. The second kappa shape index (κ2) is 6.96. The van der Waals surface area contributed by atoms with Gasteiger partial charge in [-0.15, -0.1) is 0 Å². The molecular weight excluding hydrogens is 336 g/mol. The second-order valence-corrected chi connectivity index (χ2v) is 7.15. The third kappa shape index (κ3) is 3.31. The molecule has 1 atom stereocenters. The Morgan fingerprint density at radius 2 is 2.04 bits per heavy atom. The van der Waals surface area contributed by atoms with Gasteiger partial charge in [0.05, 0.1) is 11.3 Å². The van der Waals surface area contributed by atoms with Crippen molar-refractivity contribution in [1.29, 1.82) is 0 Å². The number of hydrogen-bond donors (Lipinski definition) is 1. The van der Waals surface area contributed by atoms with Crippen LogP contribution in [0.5, 0.6) is 0 Å². The number of fused-ring (bicyclic) bond motifs is 1. The van der Waals surface area contributed by atoms with Gasteiger partial charge in [0.15, 0.2) is 0 Å². The van der Waals surface area contributed by atoms with E-state index >= 15 is 0 Å². The number of benzene rings is 1. The monoisotopic (exact) mass is 358 g/mol. The van der Waals surface area contributed by atoms with E-state index in [1.807, 2.05) is 51.4 Å². The van der Waals surface area contributed by atoms with Crippen LogP contribution in [0, 0.1) is 0 Å². The second-order valence-electron chi connectivity index (χ2n) is 6.77. The predicted molar refractivity (Wildman–Crippen MR) is 102 cm³/mol. The van der Waals surface area contributed by atoms with Gasteiger partial charge in [-0.2, -0.15) is 0 Å². The summed E-state index contributed by atoms with van der Waals surface area (Å²) >= 11 is 6.70. The molecule has 0 saturated carbocycles. The number of rotatable bonds is 5. The van der Waals surface area contributed by atoms with Gasteiger partial charge in [0.25, 0.3) is 0 Å². The van der Waals surface area contributed by atoms with E-state index in [2.05, 4.69) is 11.9 Å². The molecule has 1 aromatic carbocycles. The number of halogens is 1. The van der Waals surface area contributed by atoms with E-state index in [9.17, 15) is 4.79 Å². The van der Waals surface area contributed by atoms with E-state index in [-0.39, 0.29) is 17.9 Å². The maximum atomic E-state index is 12.4. The van der Waals surface area contributed by atoms with E-state index in [0.717, 1.165) is 27.8 Å². The van der Waals surface area contributed by atoms with Crippen LogP contribution in [0.2, 0.25) is 5.02 Å². The third-order valence-corrected chi connectivity index (χ3v) is 5.17. The van der Waals surface area contributed by atoms with Gasteiger partial charge in [-0.1, -0.05) is 18.5 Å². The Morgan fingerprint density at radius 3 is 2.68 bits per heavy atom. The van der Waals surface area contributed by atoms with Gasteiger partial charge < -0.3 is 14.3 Å². The summed E-state index contributed by atoms with van der Waals surface area (Å²) in [5.41, 5.74) is 2.88. The van der Waals surface area contributed by atoms with E-state index < -0.39 is 0 Å². The fourth-order valence-corrected chi connectivity index (χ4v) is 3.39. The molecule has 132 valence electrons. The maximum Gasteiger partial charge on any atom is 0.223 e. The quantitative estimate of drug-likeness (QED) is 0.660. The number of carbonyl (C=O) groups excluding carboxylic acids is 1. The van der Waals surface area contributed by atoms with Crippen molar-refractivity contribution in [3.05, 3.63) is 47.3 Å². The van der Waals surface area contributed by atoms with E-state index in [1.54, 1.807) is 11.2 Å². The zero-order valence-corrected chi connectivity index (χ0v) is 15.7. The van der Waals surface area contributed by atoms with Crippen molar-refractivity contribution in [3.63, 3.8) is 0 Å². The fraction of sp³-hybridized carbons (Fsp3) is 0.350. The van der Waals surface area contributed by atoms with Crippen molar-refractivity contribution in [2.45, 2.75) is 39.2 Å². The van der Waals surface area contributed by atoms with Crippen LogP contribution in [-0.2, 0) is 4.79 Å². The molecule has 0 spiro atoms. The minimum absolute atomic E-state index is 0.0619. The molecule has 2 heterocycles. The highest BCUT2D eigenvalue weighted by atomic mass is 35.5. The first kappa shape index (κ1) is 17.6. The minimum Gasteiger partial charge on any atom is -0.464 e. The van der Waals surface area contributed by atoms with Crippen molar-refractivity contribution in [2.24, 2.45) is 0 Å². The number of furan rings is 1. The predicted octanol–water partition coefficient (Wildman–Crippen LogP) is 5.44. The lowest BCUT2D eigenvalue weighted by molar-refractivity contribution is -0.131. The first-order valence-corrected chi connectivity index (χ1v) is 8.87. The number of hydrogen-bond acceptors (Lipinski definition) is 2. The van der Waals surface area contributed by atoms with Crippen LogP contribution in [0.25, 0.3) is 22.2 Å². The van der Waals surface area contributed by atoms with Crippen LogP contribution in [0.4, 0.5) is 0 Å². The SMILES string of the molecule is CC(CC(=O)N(C)C(C)C)c1c[nH]c2ccc(-c3ccco3)c(Cl)c12. The van der Waals surface area contributed by atoms with Gasteiger partial charge in [0.2, 0.25) is 5.91 Å². The molecule has 0 radical (unpaired) electrons. The van der Waals surface area contributed by atoms with Crippen molar-refractivity contribution < 1.29 is 9.21 Å². The lowest BCUT2D eigenvalue weighted by Crippen LogP contribution is -2.33. The average Bonchev–Trinajstić information content (AvgIpc) is 3.23. The van der Waals surface area contributed by atoms with Crippen molar-refractivity contribution >= 4 is 28.4 Å². The molecular formula is C20H23ClN2O2. The van der Waals surface area contributed by atoms with E-state index in [4.69, 9.17) is 16.0 Å². The highest BCUT2D eigenvalue weighted by Gasteiger charge is 2.21. The Hall–Kier alpha value is -2.20. The summed E-state index contributed by atoms with van der Waals surface area (Å²) in [6.07, 6.45) is 4.04. The zero-order chi connectivity index (χ0) is 18.1. The van der Waals surface area contributed by atoms with Crippen LogP contribution < -0.4 is 0 Å². The molecule has 25 heavy (non-hydrogen) atoms. The van der Waals surface area contributed by atoms with Crippen molar-refractivity contribution in [2.75, 3.05) is 7.05 Å². The number of H-pyrrole nitrogens is 1. The number of carbonyl (C=O) groups is 1. The summed E-state index contributed by atoms with van der Waals surface area (Å²) in [7, 11) is 1.84. The van der Waals surface area contributed by atoms with Crippen molar-refractivity contribution in [1.82, 2.24) is 9.88 Å². The number of amides is 1. The molecule has 3 rings (SSSR count). The molecule has 0 aliphatic carbocycles. The number of aromatic amines is 1. The average molecular weight is 359 g/mol. The first-order valence-electron chi connectivity index (χ1n) is 8.49. The van der Waals surface area contributed by atoms with Gasteiger partial charge in [0, 0.05) is 42.2 Å². The Balaban J connectivity index is 1.97. The standard InChI is InChI=1S/C20H23ClN2O2/c1-12(2)23(4)18(24)10-13(3)15-11-22-16-8-7-14(20(21)19(15)16)17-6-5-9-25-17/h5-9,11-13,22H,10H2,1-4H3. The van der Waals surface area contributed by atoms with Gasteiger partial charge in [-0.05, 0) is 49.6 Å². The van der Waals surface area contributed by atoms with Crippen LogP contribution in [-0.4, -0.2) is 28.9 Å². The highest BCUT2D eigenvalue weighted by molar-refractivity contribution is 6.38. The van der Waals surface area contributed by atoms with Gasteiger partial charge in [-0.25, -0.2) is 0 Å². The Bertz CT molecular complexity index is 881. The van der Waals surface area contributed by atoms with Gasteiger partial charge >= 0.3 is 0 Å². The summed E-state index contributed by atoms with van der Waals surface area (Å²) in [5.74, 6) is 0.935. The molecule has 5 heteroatoms. The lowest BCUT2D eigenvalue weighted by atomic mass is 9.95. The number of nitrogens with one attached hydrogen (secondary N) is 1. The number of nitrogens with zero attached hydrogens (tertiary/aromatic N) is 1. The summed E-state index contributed by atoms with van der Waals surface area (Å²) < 4.78 is 5.49. The molecule has 0 aliphatic heterocycles. The molecule has 0 aliphatic rings. The van der Waals surface area contributed by atoms with E-state index in [1.165, 1.54) is 0 Å². The Morgan fingerprint density at radius 1 is 1.28 bits per heavy atom. The first-order chi connectivity index (χ1) is 11.9. The van der Waals surface area contributed by atoms with Crippen LogP contribution >= 0.6 is 11.6 Å². The van der Waals surface area contributed by atoms with Gasteiger partial charge in [0.1, 0.15) is 5.76 Å². The smallest absolute Gasteiger partial charge is 0.223 e. The molecule has 3 aromatic rings. The molecule has 0 saturated heterocycles. The number of aromatic nitrogens is 1. The van der Waals surface area contributed by atoms with Crippen LogP contribution in [0.1, 0.15) is 38.7 Å². The molecule has 1 N–H and O–H groups in total. The molecule has 1 unspecified atom stereocenters. The molecule has 1 amide bonds. The zero-order valence-electron chi connectivity index (χ0n) is 15.0. The molecule has 4 nitrogen and oxygen atoms in total. The minimum atomic E-state index is 0.0619. The largest absolute Gasteiger partial charge is 0.464 e. The highest BCUT2D eigenvalue weighted by Crippen LogP contribution is 2.39. The fourth-order valence-electron chi connectivity index (χ4n) is 3.02. The Kier molecular flexibility index (Phi) is 4.91. The molecule has 0 fully saturated rings. The van der Waals surface area contributed by atoms with Crippen LogP contribution in [0.15, 0.2) is 41.1 Å². The summed E-state index contributed by atoms with van der Waals surface area (Å²) in [6, 6.07) is 7.88. The summed E-state index contributed by atoms with van der Waals surface area (Å²) in [5, 5.41) is 1.61. The summed E-state index contributed by atoms with van der Waals surface area (Å²) in [6.45, 7) is 6.09. The molecule has 0 bridgehead atoms.